The molecule has 0 radical (unpaired) electrons. The molecule has 0 unspecified atom stereocenters. The Hall–Kier alpha value is -1.90. The van der Waals surface area contributed by atoms with Crippen LogP contribution in [0.3, 0.4) is 0 Å². The van der Waals surface area contributed by atoms with Crippen LogP contribution in [0, 0.1) is 29.4 Å². The average molecular weight is 374 g/mol. The van der Waals surface area contributed by atoms with Gasteiger partial charge in [0, 0.05) is 45.7 Å². The van der Waals surface area contributed by atoms with Crippen molar-refractivity contribution in [3.05, 3.63) is 23.5 Å². The molecule has 3 rings (SSSR count). The number of amides is 1. The smallest absolute Gasteiger partial charge is 0.253 e. The van der Waals surface area contributed by atoms with E-state index in [2.05, 4.69) is 9.88 Å². The molecule has 26 heavy (non-hydrogen) atoms. The van der Waals surface area contributed by atoms with E-state index in [4.69, 9.17) is 0 Å². The molecule has 5 nitrogen and oxygen atoms in total. The number of hydrogen-bond acceptors (Lipinski definition) is 4. The molecule has 0 spiro atoms. The summed E-state index contributed by atoms with van der Waals surface area (Å²) in [7, 11) is 2.01. The average Bonchev–Trinajstić information content (AvgIpc) is 2.62. The Morgan fingerprint density at radius 1 is 0.962 bits per heavy atom. The largest absolute Gasteiger partial charge is 0.366 e. The summed E-state index contributed by atoms with van der Waals surface area (Å²) in [6.07, 6.45) is 1.45. The van der Waals surface area contributed by atoms with Crippen LogP contribution >= 0.6 is 0 Å². The summed E-state index contributed by atoms with van der Waals surface area (Å²) in [6.45, 7) is 3.58. The maximum Gasteiger partial charge on any atom is 0.253 e. The first kappa shape index (κ1) is 18.9. The van der Waals surface area contributed by atoms with E-state index in [-0.39, 0.29) is 24.9 Å². The zero-order chi connectivity index (χ0) is 18.8. The summed E-state index contributed by atoms with van der Waals surface area (Å²) in [5, 5.41) is 0. The highest BCUT2D eigenvalue weighted by atomic mass is 19.2. The molecule has 2 aliphatic rings. The Labute approximate surface area is 149 Å². The second kappa shape index (κ2) is 7.77. The van der Waals surface area contributed by atoms with Crippen LogP contribution < -0.4 is 4.90 Å². The highest BCUT2D eigenvalue weighted by molar-refractivity contribution is 5.76. The van der Waals surface area contributed by atoms with E-state index < -0.39 is 29.2 Å². The normalized spacial score (nSPS) is 19.9. The van der Waals surface area contributed by atoms with Gasteiger partial charge in [0.1, 0.15) is 5.69 Å². The lowest BCUT2D eigenvalue weighted by atomic mass is 9.92. The van der Waals surface area contributed by atoms with Gasteiger partial charge in [0.25, 0.3) is 11.9 Å². The van der Waals surface area contributed by atoms with Crippen molar-refractivity contribution in [1.29, 1.82) is 0 Å². The van der Waals surface area contributed by atoms with Gasteiger partial charge in [0.15, 0.2) is 0 Å². The van der Waals surface area contributed by atoms with Crippen molar-refractivity contribution in [2.24, 2.45) is 5.92 Å². The summed E-state index contributed by atoms with van der Waals surface area (Å²) >= 11 is 0. The van der Waals surface area contributed by atoms with E-state index in [1.807, 2.05) is 11.9 Å². The lowest BCUT2D eigenvalue weighted by molar-refractivity contribution is -0.133. The predicted molar refractivity (Wildman–Crippen MR) is 87.7 cm³/mol. The molecule has 2 fully saturated rings. The van der Waals surface area contributed by atoms with Crippen LogP contribution in [-0.4, -0.2) is 67.0 Å². The number of piperazine rings is 1. The van der Waals surface area contributed by atoms with Crippen molar-refractivity contribution in [1.82, 2.24) is 14.8 Å². The molecular formula is C17H22F4N4O. The number of nitrogens with zero attached hydrogens (tertiary/aromatic N) is 4. The molecule has 0 N–H and O–H groups in total. The van der Waals surface area contributed by atoms with Crippen LogP contribution in [0.1, 0.15) is 19.3 Å². The predicted octanol–water partition coefficient (Wildman–Crippen LogP) is 2.02. The van der Waals surface area contributed by atoms with Crippen molar-refractivity contribution in [2.45, 2.75) is 19.3 Å². The maximum absolute atomic E-state index is 13.9. The number of carbonyl (C=O) groups excluding carboxylic acids is 1. The second-order valence-corrected chi connectivity index (χ2v) is 6.99. The maximum atomic E-state index is 13.9. The molecule has 0 aliphatic carbocycles. The minimum absolute atomic E-state index is 0.0925. The Morgan fingerprint density at radius 2 is 1.50 bits per heavy atom. The van der Waals surface area contributed by atoms with Crippen LogP contribution in [-0.2, 0) is 4.79 Å². The fourth-order valence-corrected chi connectivity index (χ4v) is 3.55. The first-order valence-corrected chi connectivity index (χ1v) is 8.78. The molecule has 9 heteroatoms. The zero-order valence-corrected chi connectivity index (χ0v) is 14.7. The topological polar surface area (TPSA) is 39.7 Å². The van der Waals surface area contributed by atoms with Crippen LogP contribution in [0.25, 0.3) is 0 Å². The second-order valence-electron chi connectivity index (χ2n) is 6.99. The number of pyridine rings is 1. The molecule has 0 saturated carbocycles. The molecule has 2 aliphatic heterocycles. The zero-order valence-electron chi connectivity index (χ0n) is 14.7. The number of hydrogen-bond donors (Lipinski definition) is 0. The lowest BCUT2D eigenvalue weighted by Crippen LogP contribution is -2.48. The molecule has 1 amide bonds. The SMILES string of the molecule is CN1CCN(C(=O)CC2CCN(c3c(F)c(F)nc(F)c3F)CC2)CC1. The summed E-state index contributed by atoms with van der Waals surface area (Å²) in [4.78, 5) is 20.3. The number of aromatic nitrogens is 1. The number of anilines is 1. The number of carbonyl (C=O) groups is 1. The van der Waals surface area contributed by atoms with Crippen molar-refractivity contribution >= 4 is 11.6 Å². The number of piperidine rings is 1. The van der Waals surface area contributed by atoms with Crippen LogP contribution in [0.15, 0.2) is 0 Å². The fourth-order valence-electron chi connectivity index (χ4n) is 3.55. The molecule has 3 heterocycles. The number of halogens is 4. The molecule has 144 valence electrons. The molecule has 2 saturated heterocycles. The van der Waals surface area contributed by atoms with Crippen LogP contribution in [0.4, 0.5) is 23.2 Å². The van der Waals surface area contributed by atoms with Gasteiger partial charge in [-0.2, -0.15) is 22.5 Å². The third-order valence-electron chi connectivity index (χ3n) is 5.22. The number of likely N-dealkylation sites (N-methyl/N-ethyl adjacent to an activating group) is 1. The molecule has 0 atom stereocenters. The highest BCUT2D eigenvalue weighted by Gasteiger charge is 2.30. The molecule has 0 bridgehead atoms. The molecule has 0 aromatic carbocycles. The number of rotatable bonds is 3. The van der Waals surface area contributed by atoms with Gasteiger partial charge in [-0.1, -0.05) is 0 Å². The van der Waals surface area contributed by atoms with E-state index in [1.165, 1.54) is 4.90 Å². The van der Waals surface area contributed by atoms with Gasteiger partial charge in [0.2, 0.25) is 17.5 Å². The quantitative estimate of drug-likeness (QED) is 0.600. The Bertz CT molecular complexity index is 645. The van der Waals surface area contributed by atoms with Gasteiger partial charge in [-0.25, -0.2) is 0 Å². The first-order valence-electron chi connectivity index (χ1n) is 8.78. The minimum atomic E-state index is -1.65. The van der Waals surface area contributed by atoms with E-state index in [9.17, 15) is 22.4 Å². The Morgan fingerprint density at radius 3 is 2.04 bits per heavy atom. The van der Waals surface area contributed by atoms with Gasteiger partial charge in [-0.05, 0) is 25.8 Å². The Balaban J connectivity index is 1.57. The monoisotopic (exact) mass is 374 g/mol. The van der Waals surface area contributed by atoms with Crippen molar-refractivity contribution in [3.8, 4) is 0 Å². The summed E-state index contributed by atoms with van der Waals surface area (Å²) < 4.78 is 54.3. The van der Waals surface area contributed by atoms with E-state index in [0.717, 1.165) is 13.1 Å². The summed E-state index contributed by atoms with van der Waals surface area (Å²) in [6, 6.07) is 0. The molecule has 1 aromatic rings. The third kappa shape index (κ3) is 3.92. The van der Waals surface area contributed by atoms with Crippen molar-refractivity contribution in [3.63, 3.8) is 0 Å². The van der Waals surface area contributed by atoms with E-state index in [1.54, 1.807) is 0 Å². The molecule has 1 aromatic heterocycles. The highest BCUT2D eigenvalue weighted by Crippen LogP contribution is 2.31. The third-order valence-corrected chi connectivity index (χ3v) is 5.22. The van der Waals surface area contributed by atoms with Gasteiger partial charge < -0.3 is 14.7 Å². The van der Waals surface area contributed by atoms with Crippen LogP contribution in [0.5, 0.6) is 0 Å². The minimum Gasteiger partial charge on any atom is -0.366 e. The van der Waals surface area contributed by atoms with Gasteiger partial charge in [-0.15, -0.1) is 0 Å². The van der Waals surface area contributed by atoms with Crippen LogP contribution in [0.2, 0.25) is 0 Å². The summed E-state index contributed by atoms with van der Waals surface area (Å²) in [5.74, 6) is -6.06. The lowest BCUT2D eigenvalue weighted by Gasteiger charge is -2.36. The Kier molecular flexibility index (Phi) is 5.64. The summed E-state index contributed by atoms with van der Waals surface area (Å²) in [5.41, 5.74) is -0.709. The molecular weight excluding hydrogens is 352 g/mol. The van der Waals surface area contributed by atoms with Crippen molar-refractivity contribution in [2.75, 3.05) is 51.2 Å². The first-order chi connectivity index (χ1) is 12.4. The fraction of sp³-hybridized carbons (Fsp3) is 0.647. The van der Waals surface area contributed by atoms with Gasteiger partial charge >= 0.3 is 0 Å². The van der Waals surface area contributed by atoms with Gasteiger partial charge in [-0.3, -0.25) is 4.79 Å². The van der Waals surface area contributed by atoms with E-state index in [0.29, 0.717) is 32.4 Å². The van der Waals surface area contributed by atoms with Gasteiger partial charge in [0.05, 0.1) is 0 Å². The van der Waals surface area contributed by atoms with E-state index >= 15 is 0 Å². The van der Waals surface area contributed by atoms with Crippen molar-refractivity contribution < 1.29 is 22.4 Å². The standard InChI is InChI=1S/C17H22F4N4O/c1-23-6-8-24(9-7-23)12(26)10-11-2-4-25(5-3-11)15-13(18)16(20)22-17(21)14(15)19/h11H,2-10H2,1H3.